The van der Waals surface area contributed by atoms with Crippen LogP contribution in [0.1, 0.15) is 18.1 Å². The van der Waals surface area contributed by atoms with Gasteiger partial charge in [0.1, 0.15) is 17.6 Å². The number of hydrogen-bond acceptors (Lipinski definition) is 4. The Morgan fingerprint density at radius 2 is 1.96 bits per heavy atom. The van der Waals surface area contributed by atoms with Gasteiger partial charge in [0.2, 0.25) is 5.91 Å². The maximum atomic E-state index is 13.3. The highest BCUT2D eigenvalue weighted by Gasteiger charge is 2.23. The number of aromatic amines is 1. The molecule has 3 aromatic rings. The van der Waals surface area contributed by atoms with Crippen molar-refractivity contribution in [1.29, 1.82) is 0 Å². The van der Waals surface area contributed by atoms with Gasteiger partial charge in [-0.05, 0) is 48.4 Å². The number of amides is 1. The van der Waals surface area contributed by atoms with E-state index < -0.39 is 12.0 Å². The summed E-state index contributed by atoms with van der Waals surface area (Å²) in [6.45, 7) is 1.90. The number of esters is 1. The third kappa shape index (κ3) is 4.68. The molecule has 1 heterocycles. The van der Waals surface area contributed by atoms with Crippen LogP contribution in [-0.2, 0) is 27.2 Å². The fourth-order valence-corrected chi connectivity index (χ4v) is 3.03. The quantitative estimate of drug-likeness (QED) is 0.546. The summed E-state index contributed by atoms with van der Waals surface area (Å²) in [7, 11) is 0. The van der Waals surface area contributed by atoms with E-state index in [0.717, 1.165) is 10.9 Å². The highest BCUT2D eigenvalue weighted by atomic mass is 19.1. The lowest BCUT2D eigenvalue weighted by Crippen LogP contribution is -2.44. The van der Waals surface area contributed by atoms with Crippen LogP contribution in [0.5, 0.6) is 5.75 Å². The second-order valence-electron chi connectivity index (χ2n) is 6.42. The van der Waals surface area contributed by atoms with Gasteiger partial charge in [-0.25, -0.2) is 9.18 Å². The van der Waals surface area contributed by atoms with Gasteiger partial charge in [-0.3, -0.25) is 4.79 Å². The minimum atomic E-state index is -0.848. The Labute approximate surface area is 161 Å². The normalized spacial score (nSPS) is 11.9. The van der Waals surface area contributed by atoms with E-state index in [0.29, 0.717) is 11.1 Å². The summed E-state index contributed by atoms with van der Waals surface area (Å²) in [4.78, 5) is 27.7. The van der Waals surface area contributed by atoms with Crippen LogP contribution in [-0.4, -0.2) is 34.6 Å². The number of hydrogen-bond donors (Lipinski definition) is 3. The van der Waals surface area contributed by atoms with Crippen molar-refractivity contribution in [2.45, 2.75) is 25.8 Å². The van der Waals surface area contributed by atoms with Crippen LogP contribution in [0.3, 0.4) is 0 Å². The van der Waals surface area contributed by atoms with Crippen molar-refractivity contribution in [2.75, 3.05) is 6.61 Å². The van der Waals surface area contributed by atoms with E-state index >= 15 is 0 Å². The summed E-state index contributed by atoms with van der Waals surface area (Å²) < 4.78 is 18.4. The van der Waals surface area contributed by atoms with Crippen LogP contribution < -0.4 is 5.32 Å². The second kappa shape index (κ2) is 8.56. The molecule has 6 nitrogen and oxygen atoms in total. The number of rotatable bonds is 7. The van der Waals surface area contributed by atoms with Gasteiger partial charge < -0.3 is 20.1 Å². The average Bonchev–Trinajstić information content (AvgIpc) is 3.04. The third-order valence-corrected chi connectivity index (χ3v) is 4.36. The summed E-state index contributed by atoms with van der Waals surface area (Å²) in [5, 5.41) is 12.9. The minimum Gasteiger partial charge on any atom is -0.508 e. The molecule has 0 radical (unpaired) electrons. The van der Waals surface area contributed by atoms with E-state index in [2.05, 4.69) is 10.3 Å². The highest BCUT2D eigenvalue weighted by molar-refractivity contribution is 5.91. The molecular weight excluding hydrogens is 363 g/mol. The molecular formula is C21H21FN2O4. The van der Waals surface area contributed by atoms with Crippen LogP contribution in [0, 0.1) is 5.82 Å². The summed E-state index contributed by atoms with van der Waals surface area (Å²) in [5.41, 5.74) is 2.09. The Balaban J connectivity index is 1.72. The number of carbonyl (C=O) groups is 2. The standard InChI is InChI=1S/C21H21FN2O4/c1-2-28-21(27)19(9-13-3-6-16(25)7-4-13)24-20(26)10-14-12-23-18-11-15(22)5-8-17(14)18/h3-8,11-12,19,23,25H,2,9-10H2,1H3,(H,24,26). The maximum absolute atomic E-state index is 13.3. The van der Waals surface area contributed by atoms with E-state index in [9.17, 15) is 19.1 Å². The minimum absolute atomic E-state index is 0.0388. The molecule has 0 fully saturated rings. The number of phenolic OH excluding ortho intramolecular Hbond substituents is 1. The summed E-state index contributed by atoms with van der Waals surface area (Å²) >= 11 is 0. The lowest BCUT2D eigenvalue weighted by molar-refractivity contribution is -0.147. The van der Waals surface area contributed by atoms with Crippen molar-refractivity contribution < 1.29 is 23.8 Å². The number of ether oxygens (including phenoxy) is 1. The lowest BCUT2D eigenvalue weighted by atomic mass is 10.0. The van der Waals surface area contributed by atoms with Crippen molar-refractivity contribution in [2.24, 2.45) is 0 Å². The number of aromatic nitrogens is 1. The number of phenols is 1. The fourth-order valence-electron chi connectivity index (χ4n) is 3.03. The number of nitrogens with one attached hydrogen (secondary N) is 2. The number of halogens is 1. The van der Waals surface area contributed by atoms with Crippen molar-refractivity contribution in [3.8, 4) is 5.75 Å². The summed E-state index contributed by atoms with van der Waals surface area (Å²) in [6, 6.07) is 9.87. The SMILES string of the molecule is CCOC(=O)C(Cc1ccc(O)cc1)NC(=O)Cc1c[nH]c2cc(F)ccc12. The molecule has 0 aliphatic rings. The van der Waals surface area contributed by atoms with Crippen LogP contribution in [0.2, 0.25) is 0 Å². The molecule has 0 aliphatic heterocycles. The Bertz CT molecular complexity index is 982. The molecule has 28 heavy (non-hydrogen) atoms. The number of aromatic hydroxyl groups is 1. The summed E-state index contributed by atoms with van der Waals surface area (Å²) in [5.74, 6) is -1.11. The summed E-state index contributed by atoms with van der Waals surface area (Å²) in [6.07, 6.45) is 1.93. The van der Waals surface area contributed by atoms with Crippen LogP contribution in [0.4, 0.5) is 4.39 Å². The van der Waals surface area contributed by atoms with E-state index in [1.54, 1.807) is 31.3 Å². The number of H-pyrrole nitrogens is 1. The molecule has 3 N–H and O–H groups in total. The van der Waals surface area contributed by atoms with Gasteiger partial charge in [0.05, 0.1) is 13.0 Å². The molecule has 0 aliphatic carbocycles. The third-order valence-electron chi connectivity index (χ3n) is 4.36. The molecule has 0 bridgehead atoms. The predicted octanol–water partition coefficient (Wildman–Crippen LogP) is 2.85. The van der Waals surface area contributed by atoms with Crippen LogP contribution >= 0.6 is 0 Å². The van der Waals surface area contributed by atoms with Crippen molar-refractivity contribution in [3.63, 3.8) is 0 Å². The topological polar surface area (TPSA) is 91.4 Å². The molecule has 7 heteroatoms. The zero-order chi connectivity index (χ0) is 20.1. The van der Waals surface area contributed by atoms with Gasteiger partial charge in [-0.2, -0.15) is 0 Å². The molecule has 1 amide bonds. The zero-order valence-electron chi connectivity index (χ0n) is 15.4. The molecule has 2 aromatic carbocycles. The first-order valence-electron chi connectivity index (χ1n) is 8.95. The van der Waals surface area contributed by atoms with Gasteiger partial charge in [0, 0.05) is 23.5 Å². The van der Waals surface area contributed by atoms with E-state index in [1.165, 1.54) is 24.3 Å². The molecule has 3 rings (SSSR count). The Hall–Kier alpha value is -3.35. The van der Waals surface area contributed by atoms with Crippen LogP contribution in [0.15, 0.2) is 48.7 Å². The largest absolute Gasteiger partial charge is 0.508 e. The highest BCUT2D eigenvalue weighted by Crippen LogP contribution is 2.20. The van der Waals surface area contributed by atoms with Gasteiger partial charge in [0.15, 0.2) is 0 Å². The molecule has 0 saturated carbocycles. The molecule has 1 aromatic heterocycles. The van der Waals surface area contributed by atoms with Crippen molar-refractivity contribution in [1.82, 2.24) is 10.3 Å². The van der Waals surface area contributed by atoms with Gasteiger partial charge in [-0.1, -0.05) is 12.1 Å². The smallest absolute Gasteiger partial charge is 0.328 e. The lowest BCUT2D eigenvalue weighted by Gasteiger charge is -2.17. The predicted molar refractivity (Wildman–Crippen MR) is 102 cm³/mol. The van der Waals surface area contributed by atoms with E-state index in [-0.39, 0.29) is 36.9 Å². The van der Waals surface area contributed by atoms with Crippen molar-refractivity contribution in [3.05, 3.63) is 65.6 Å². The van der Waals surface area contributed by atoms with Crippen molar-refractivity contribution >= 4 is 22.8 Å². The average molecular weight is 384 g/mol. The van der Waals surface area contributed by atoms with Gasteiger partial charge in [0.25, 0.3) is 0 Å². The second-order valence-corrected chi connectivity index (χ2v) is 6.42. The van der Waals surface area contributed by atoms with E-state index in [4.69, 9.17) is 4.74 Å². The molecule has 0 saturated heterocycles. The van der Waals surface area contributed by atoms with Gasteiger partial charge in [-0.15, -0.1) is 0 Å². The number of carbonyl (C=O) groups excluding carboxylic acids is 2. The monoisotopic (exact) mass is 384 g/mol. The molecule has 0 spiro atoms. The Morgan fingerprint density at radius 3 is 2.68 bits per heavy atom. The van der Waals surface area contributed by atoms with Gasteiger partial charge >= 0.3 is 5.97 Å². The van der Waals surface area contributed by atoms with Crippen LogP contribution in [0.25, 0.3) is 10.9 Å². The Morgan fingerprint density at radius 1 is 1.21 bits per heavy atom. The van der Waals surface area contributed by atoms with E-state index in [1.807, 2.05) is 0 Å². The number of fused-ring (bicyclic) bond motifs is 1. The Kier molecular flexibility index (Phi) is 5.93. The zero-order valence-corrected chi connectivity index (χ0v) is 15.4. The first-order chi connectivity index (χ1) is 13.5. The first kappa shape index (κ1) is 19.4. The number of benzene rings is 2. The first-order valence-corrected chi connectivity index (χ1v) is 8.95. The molecule has 1 unspecified atom stereocenters. The molecule has 1 atom stereocenters. The molecule has 146 valence electrons. The maximum Gasteiger partial charge on any atom is 0.328 e. The fraction of sp³-hybridized carbons (Fsp3) is 0.238.